The number of amides is 4. The smallest absolute Gasteiger partial charge is 0.322 e. The van der Waals surface area contributed by atoms with Crippen LogP contribution in [0.25, 0.3) is 11.3 Å². The highest BCUT2D eigenvalue weighted by Gasteiger charge is 2.47. The number of carbonyl (C=O) groups excluding carboxylic acids is 3. The van der Waals surface area contributed by atoms with Crippen molar-refractivity contribution in [2.24, 2.45) is 0 Å². The molecule has 1 aromatic carbocycles. The Morgan fingerprint density at radius 2 is 1.94 bits per heavy atom. The first-order chi connectivity index (χ1) is 14.5. The fourth-order valence-corrected chi connectivity index (χ4v) is 3.73. The number of imide groups is 1. The summed E-state index contributed by atoms with van der Waals surface area (Å²) in [5.74, 6) is -1.68. The summed E-state index contributed by atoms with van der Waals surface area (Å²) in [6.45, 7) is 1.97. The summed E-state index contributed by atoms with van der Waals surface area (Å²) in [6.07, 6.45) is -2.85. The van der Waals surface area contributed by atoms with Crippen LogP contribution in [0.2, 0.25) is 0 Å². The molecule has 1 unspecified atom stereocenters. The minimum Gasteiger partial charge on any atom is -0.322 e. The van der Waals surface area contributed by atoms with Crippen LogP contribution < -0.4 is 10.7 Å². The van der Waals surface area contributed by atoms with Gasteiger partial charge in [-0.25, -0.2) is 9.78 Å². The molecule has 1 aromatic heterocycles. The van der Waals surface area contributed by atoms with Crippen molar-refractivity contribution in [1.82, 2.24) is 25.3 Å². The number of thioether (sulfide) groups is 1. The van der Waals surface area contributed by atoms with E-state index >= 15 is 0 Å². The lowest BCUT2D eigenvalue weighted by molar-refractivity contribution is -0.141. The van der Waals surface area contributed by atoms with E-state index in [1.807, 2.05) is 0 Å². The highest BCUT2D eigenvalue weighted by molar-refractivity contribution is 7.99. The van der Waals surface area contributed by atoms with Gasteiger partial charge in [0.15, 0.2) is 5.16 Å². The lowest BCUT2D eigenvalue weighted by atomic mass is 10.00. The van der Waals surface area contributed by atoms with E-state index < -0.39 is 36.1 Å². The van der Waals surface area contributed by atoms with Gasteiger partial charge in [0.1, 0.15) is 12.1 Å². The number of halogens is 3. The molecule has 2 heterocycles. The van der Waals surface area contributed by atoms with E-state index in [0.717, 1.165) is 16.3 Å². The molecule has 12 heteroatoms. The molecule has 3 rings (SSSR count). The van der Waals surface area contributed by atoms with Crippen molar-refractivity contribution >= 4 is 29.6 Å². The molecule has 0 spiro atoms. The van der Waals surface area contributed by atoms with E-state index in [9.17, 15) is 27.6 Å². The minimum atomic E-state index is -4.49. The number of carbonyl (C=O) groups is 3. The van der Waals surface area contributed by atoms with Crippen molar-refractivity contribution in [2.75, 3.05) is 5.75 Å². The van der Waals surface area contributed by atoms with Gasteiger partial charge in [-0.3, -0.25) is 15.0 Å². The second kappa shape index (κ2) is 8.61. The Kier molecular flexibility index (Phi) is 6.30. The van der Waals surface area contributed by atoms with E-state index in [4.69, 9.17) is 0 Å². The molecule has 1 saturated heterocycles. The third kappa shape index (κ3) is 5.01. The maximum atomic E-state index is 13.1. The molecule has 166 valence electrons. The highest BCUT2D eigenvalue weighted by Crippen LogP contribution is 2.30. The maximum absolute atomic E-state index is 13.1. The largest absolute Gasteiger partial charge is 0.406 e. The number of nitrogens with one attached hydrogen (secondary N) is 2. The van der Waals surface area contributed by atoms with Gasteiger partial charge in [0.2, 0.25) is 5.91 Å². The van der Waals surface area contributed by atoms with Crippen molar-refractivity contribution in [3.05, 3.63) is 36.5 Å². The van der Waals surface area contributed by atoms with Crippen LogP contribution in [0.3, 0.4) is 0 Å². The summed E-state index contributed by atoms with van der Waals surface area (Å²) in [6, 6.07) is 7.69. The van der Waals surface area contributed by atoms with Crippen LogP contribution in [0.1, 0.15) is 20.3 Å². The molecule has 2 N–H and O–H groups in total. The number of alkyl halides is 3. The van der Waals surface area contributed by atoms with Gasteiger partial charge in [-0.15, -0.1) is 0 Å². The van der Waals surface area contributed by atoms with Crippen LogP contribution in [0.15, 0.2) is 41.7 Å². The van der Waals surface area contributed by atoms with Crippen molar-refractivity contribution in [2.45, 2.75) is 43.7 Å². The normalized spacial score (nSPS) is 18.9. The quantitative estimate of drug-likeness (QED) is 0.494. The molecule has 0 radical (unpaired) electrons. The Balaban J connectivity index is 1.73. The van der Waals surface area contributed by atoms with E-state index in [-0.39, 0.29) is 16.6 Å². The Labute approximate surface area is 180 Å². The third-order valence-corrected chi connectivity index (χ3v) is 5.75. The second-order valence-electron chi connectivity index (χ2n) is 7.07. The number of hydrogen-bond acceptors (Lipinski definition) is 5. The van der Waals surface area contributed by atoms with Crippen molar-refractivity contribution in [3.63, 3.8) is 0 Å². The van der Waals surface area contributed by atoms with Crippen LogP contribution >= 0.6 is 11.8 Å². The van der Waals surface area contributed by atoms with Gasteiger partial charge in [0.05, 0.1) is 17.6 Å². The highest BCUT2D eigenvalue weighted by atomic mass is 32.2. The number of benzene rings is 1. The average Bonchev–Trinajstić information content (AvgIpc) is 3.19. The number of nitrogens with zero attached hydrogens (tertiary/aromatic N) is 3. The summed E-state index contributed by atoms with van der Waals surface area (Å²) < 4.78 is 40.4. The number of hydrogen-bond donors (Lipinski definition) is 2. The molecule has 4 amide bonds. The fourth-order valence-electron chi connectivity index (χ4n) is 2.96. The molecular formula is C19H20F3N5O3S. The molecule has 2 aromatic rings. The second-order valence-corrected chi connectivity index (χ2v) is 8.02. The van der Waals surface area contributed by atoms with Gasteiger partial charge in [0, 0.05) is 0 Å². The van der Waals surface area contributed by atoms with Gasteiger partial charge in [-0.1, -0.05) is 49.0 Å². The molecule has 0 bridgehead atoms. The molecule has 0 saturated carbocycles. The first kappa shape index (κ1) is 22.7. The molecule has 1 aliphatic heterocycles. The molecule has 1 aliphatic rings. The monoisotopic (exact) mass is 455 g/mol. The molecule has 1 atom stereocenters. The zero-order valence-corrected chi connectivity index (χ0v) is 17.5. The molecular weight excluding hydrogens is 435 g/mol. The Morgan fingerprint density at radius 3 is 2.52 bits per heavy atom. The van der Waals surface area contributed by atoms with Crippen LogP contribution in [0, 0.1) is 0 Å². The SMILES string of the molecule is CCC1(C)NC(=O)N(NC(=O)CSc2ncc(-c3ccccc3)n2CC(F)(F)F)C1=O. The summed E-state index contributed by atoms with van der Waals surface area (Å²) in [5, 5.41) is 3.06. The molecule has 0 aliphatic carbocycles. The van der Waals surface area contributed by atoms with Gasteiger partial charge in [-0.05, 0) is 18.9 Å². The predicted molar refractivity (Wildman–Crippen MR) is 107 cm³/mol. The van der Waals surface area contributed by atoms with E-state index in [0.29, 0.717) is 17.0 Å². The molecule has 1 fully saturated rings. The first-order valence-electron chi connectivity index (χ1n) is 9.31. The topological polar surface area (TPSA) is 96.3 Å². The van der Waals surface area contributed by atoms with Crippen LogP contribution in [-0.2, 0) is 16.1 Å². The molecule has 8 nitrogen and oxygen atoms in total. The summed E-state index contributed by atoms with van der Waals surface area (Å²) in [4.78, 5) is 40.6. The predicted octanol–water partition coefficient (Wildman–Crippen LogP) is 2.96. The van der Waals surface area contributed by atoms with Crippen LogP contribution in [0.4, 0.5) is 18.0 Å². The summed E-state index contributed by atoms with van der Waals surface area (Å²) >= 11 is 0.773. The zero-order chi connectivity index (χ0) is 22.8. The van der Waals surface area contributed by atoms with Crippen LogP contribution in [-0.4, -0.2) is 49.9 Å². The number of hydrazine groups is 1. The van der Waals surface area contributed by atoms with Gasteiger partial charge in [-0.2, -0.15) is 18.2 Å². The first-order valence-corrected chi connectivity index (χ1v) is 10.3. The van der Waals surface area contributed by atoms with Crippen molar-refractivity contribution in [1.29, 1.82) is 0 Å². The number of urea groups is 1. The number of imidazole rings is 1. The number of aromatic nitrogens is 2. The Morgan fingerprint density at radius 1 is 1.26 bits per heavy atom. The van der Waals surface area contributed by atoms with E-state index in [1.54, 1.807) is 37.3 Å². The Hall–Kier alpha value is -3.02. The summed E-state index contributed by atoms with van der Waals surface area (Å²) in [5.41, 5.74) is 1.88. The van der Waals surface area contributed by atoms with Crippen LogP contribution in [0.5, 0.6) is 0 Å². The minimum absolute atomic E-state index is 0.0121. The fraction of sp³-hybridized carbons (Fsp3) is 0.368. The summed E-state index contributed by atoms with van der Waals surface area (Å²) in [7, 11) is 0. The van der Waals surface area contributed by atoms with Gasteiger partial charge in [0.25, 0.3) is 5.91 Å². The number of rotatable bonds is 7. The molecule has 31 heavy (non-hydrogen) atoms. The van der Waals surface area contributed by atoms with E-state index in [2.05, 4.69) is 15.7 Å². The van der Waals surface area contributed by atoms with Crippen molar-refractivity contribution in [3.8, 4) is 11.3 Å². The van der Waals surface area contributed by atoms with Gasteiger partial charge >= 0.3 is 12.2 Å². The third-order valence-electron chi connectivity index (χ3n) is 4.76. The maximum Gasteiger partial charge on any atom is 0.406 e. The van der Waals surface area contributed by atoms with E-state index in [1.165, 1.54) is 13.1 Å². The lowest BCUT2D eigenvalue weighted by Crippen LogP contribution is -2.49. The van der Waals surface area contributed by atoms with Crippen molar-refractivity contribution < 1.29 is 27.6 Å². The zero-order valence-electron chi connectivity index (χ0n) is 16.7. The Bertz CT molecular complexity index is 995. The van der Waals surface area contributed by atoms with Gasteiger partial charge < -0.3 is 9.88 Å². The average molecular weight is 455 g/mol. The standard InChI is InChI=1S/C19H20F3N5O3S/c1-3-18(2)15(29)27(16(30)24-18)25-14(28)10-31-17-23-9-13(12-7-5-4-6-8-12)26(17)11-19(20,21)22/h4-9H,3,10-11H2,1-2H3,(H,24,30)(H,25,28). The lowest BCUT2D eigenvalue weighted by Gasteiger charge is -2.19.